The standard InChI is InChI=1S/C19H31N3O2/c1-12-15(18(2,3)4)21-14(16(20-12)19(5,6)7)17(24)22-10-8-9-13(22)11-23/h13,23H,8-11H2,1-7H3. The monoisotopic (exact) mass is 333 g/mol. The van der Waals surface area contributed by atoms with Gasteiger partial charge in [-0.15, -0.1) is 0 Å². The molecule has 0 saturated carbocycles. The third-order valence-electron chi connectivity index (χ3n) is 4.54. The largest absolute Gasteiger partial charge is 0.394 e. The average molecular weight is 333 g/mol. The van der Waals surface area contributed by atoms with Gasteiger partial charge in [-0.25, -0.2) is 4.98 Å². The second kappa shape index (κ2) is 6.43. The molecule has 1 saturated heterocycles. The van der Waals surface area contributed by atoms with Crippen LogP contribution in [0.15, 0.2) is 0 Å². The van der Waals surface area contributed by atoms with E-state index in [0.29, 0.717) is 12.2 Å². The van der Waals surface area contributed by atoms with Crippen LogP contribution < -0.4 is 0 Å². The minimum Gasteiger partial charge on any atom is -0.394 e. The summed E-state index contributed by atoms with van der Waals surface area (Å²) >= 11 is 0. The highest BCUT2D eigenvalue weighted by atomic mass is 16.3. The molecular weight excluding hydrogens is 302 g/mol. The molecule has 1 aromatic rings. The number of nitrogens with zero attached hydrogens (tertiary/aromatic N) is 3. The van der Waals surface area contributed by atoms with E-state index in [2.05, 4.69) is 41.5 Å². The summed E-state index contributed by atoms with van der Waals surface area (Å²) in [4.78, 5) is 24.5. The van der Waals surface area contributed by atoms with E-state index in [9.17, 15) is 9.90 Å². The van der Waals surface area contributed by atoms with E-state index >= 15 is 0 Å². The Kier molecular flexibility index (Phi) is 5.05. The summed E-state index contributed by atoms with van der Waals surface area (Å²) in [6, 6.07) is -0.105. The maximum absolute atomic E-state index is 13.2. The molecule has 1 amide bonds. The van der Waals surface area contributed by atoms with Crippen LogP contribution in [0.1, 0.15) is 82.0 Å². The molecule has 1 aromatic heterocycles. The minimum atomic E-state index is -0.270. The summed E-state index contributed by atoms with van der Waals surface area (Å²) < 4.78 is 0. The Labute approximate surface area is 145 Å². The average Bonchev–Trinajstić information content (AvgIpc) is 2.92. The van der Waals surface area contributed by atoms with E-state index < -0.39 is 0 Å². The Hall–Kier alpha value is -1.49. The predicted molar refractivity (Wildman–Crippen MR) is 95.3 cm³/mol. The molecular formula is C19H31N3O2. The van der Waals surface area contributed by atoms with Crippen molar-refractivity contribution in [3.63, 3.8) is 0 Å². The first-order chi connectivity index (χ1) is 11.0. The number of hydrogen-bond acceptors (Lipinski definition) is 4. The molecule has 2 heterocycles. The molecule has 1 N–H and O–H groups in total. The quantitative estimate of drug-likeness (QED) is 0.903. The molecule has 1 aliphatic heterocycles. The maximum atomic E-state index is 13.2. The van der Waals surface area contributed by atoms with Gasteiger partial charge in [0.15, 0.2) is 5.69 Å². The number of amides is 1. The lowest BCUT2D eigenvalue weighted by Crippen LogP contribution is -2.40. The van der Waals surface area contributed by atoms with Crippen molar-refractivity contribution in [3.05, 3.63) is 22.8 Å². The fourth-order valence-corrected chi connectivity index (χ4v) is 3.33. The number of likely N-dealkylation sites (tertiary alicyclic amines) is 1. The zero-order valence-corrected chi connectivity index (χ0v) is 16.1. The van der Waals surface area contributed by atoms with Crippen LogP contribution in [0.2, 0.25) is 0 Å². The Morgan fingerprint density at radius 1 is 1.12 bits per heavy atom. The van der Waals surface area contributed by atoms with Crippen LogP contribution in [0.3, 0.4) is 0 Å². The molecule has 1 fully saturated rings. The van der Waals surface area contributed by atoms with Gasteiger partial charge >= 0.3 is 0 Å². The van der Waals surface area contributed by atoms with Gasteiger partial charge < -0.3 is 10.0 Å². The zero-order chi connectivity index (χ0) is 18.3. The number of aliphatic hydroxyl groups excluding tert-OH is 1. The number of carbonyl (C=O) groups excluding carboxylic acids is 1. The van der Waals surface area contributed by atoms with Crippen molar-refractivity contribution in [1.82, 2.24) is 14.9 Å². The molecule has 1 atom stereocenters. The number of aryl methyl sites for hydroxylation is 1. The Morgan fingerprint density at radius 3 is 2.21 bits per heavy atom. The van der Waals surface area contributed by atoms with E-state index in [1.807, 2.05) is 6.92 Å². The van der Waals surface area contributed by atoms with Gasteiger partial charge in [0.05, 0.1) is 29.7 Å². The van der Waals surface area contributed by atoms with Gasteiger partial charge in [0, 0.05) is 17.4 Å². The first-order valence-electron chi connectivity index (χ1n) is 8.78. The fraction of sp³-hybridized carbons (Fsp3) is 0.737. The van der Waals surface area contributed by atoms with E-state index in [4.69, 9.17) is 9.97 Å². The highest BCUT2D eigenvalue weighted by Crippen LogP contribution is 2.30. The Morgan fingerprint density at radius 2 is 1.71 bits per heavy atom. The first kappa shape index (κ1) is 18.8. The number of carbonyl (C=O) groups is 1. The summed E-state index contributed by atoms with van der Waals surface area (Å²) in [7, 11) is 0. The molecule has 0 aliphatic carbocycles. The maximum Gasteiger partial charge on any atom is 0.274 e. The van der Waals surface area contributed by atoms with E-state index in [-0.39, 0.29) is 29.4 Å². The molecule has 1 unspecified atom stereocenters. The van der Waals surface area contributed by atoms with Crippen molar-refractivity contribution in [1.29, 1.82) is 0 Å². The summed E-state index contributed by atoms with van der Waals surface area (Å²) in [5.74, 6) is -0.102. The number of aliphatic hydroxyl groups is 1. The lowest BCUT2D eigenvalue weighted by atomic mass is 9.86. The van der Waals surface area contributed by atoms with Gasteiger partial charge in [-0.3, -0.25) is 9.78 Å². The number of hydrogen-bond donors (Lipinski definition) is 1. The molecule has 5 heteroatoms. The normalized spacial score (nSPS) is 19.0. The number of aromatic nitrogens is 2. The highest BCUT2D eigenvalue weighted by molar-refractivity contribution is 5.94. The van der Waals surface area contributed by atoms with Crippen molar-refractivity contribution in [2.75, 3.05) is 13.2 Å². The molecule has 0 radical (unpaired) electrons. The smallest absolute Gasteiger partial charge is 0.274 e. The van der Waals surface area contributed by atoms with Crippen LogP contribution in [0.25, 0.3) is 0 Å². The van der Waals surface area contributed by atoms with Crippen LogP contribution in [0.4, 0.5) is 0 Å². The van der Waals surface area contributed by atoms with Gasteiger partial charge in [-0.1, -0.05) is 41.5 Å². The lowest BCUT2D eigenvalue weighted by molar-refractivity contribution is 0.0667. The summed E-state index contributed by atoms with van der Waals surface area (Å²) in [5.41, 5.74) is 2.47. The third-order valence-corrected chi connectivity index (χ3v) is 4.54. The molecule has 0 aromatic carbocycles. The summed E-state index contributed by atoms with van der Waals surface area (Å²) in [6.45, 7) is 15.1. The van der Waals surface area contributed by atoms with Crippen LogP contribution in [0, 0.1) is 6.92 Å². The van der Waals surface area contributed by atoms with E-state index in [1.165, 1.54) is 0 Å². The molecule has 0 bridgehead atoms. The van der Waals surface area contributed by atoms with Gasteiger partial charge in [0.2, 0.25) is 0 Å². The molecule has 134 valence electrons. The minimum absolute atomic E-state index is 0.00199. The second-order valence-corrected chi connectivity index (χ2v) is 8.83. The van der Waals surface area contributed by atoms with Crippen LogP contribution >= 0.6 is 0 Å². The van der Waals surface area contributed by atoms with Crippen molar-refractivity contribution >= 4 is 5.91 Å². The van der Waals surface area contributed by atoms with Gasteiger partial charge in [0.25, 0.3) is 5.91 Å². The SMILES string of the molecule is Cc1nc(C(C)(C)C)c(C(=O)N2CCCC2CO)nc1C(C)(C)C. The Bertz CT molecular complexity index is 627. The third kappa shape index (κ3) is 3.61. The van der Waals surface area contributed by atoms with Gasteiger partial charge in [-0.2, -0.15) is 0 Å². The second-order valence-electron chi connectivity index (χ2n) is 8.83. The molecule has 2 rings (SSSR count). The van der Waals surface area contributed by atoms with Crippen molar-refractivity contribution in [3.8, 4) is 0 Å². The van der Waals surface area contributed by atoms with Gasteiger partial charge in [-0.05, 0) is 19.8 Å². The molecule has 0 spiro atoms. The van der Waals surface area contributed by atoms with Crippen LogP contribution in [-0.4, -0.2) is 45.1 Å². The molecule has 1 aliphatic rings. The zero-order valence-electron chi connectivity index (χ0n) is 16.1. The topological polar surface area (TPSA) is 66.3 Å². The summed E-state index contributed by atoms with van der Waals surface area (Å²) in [6.07, 6.45) is 1.77. The molecule has 5 nitrogen and oxygen atoms in total. The highest BCUT2D eigenvalue weighted by Gasteiger charge is 2.35. The van der Waals surface area contributed by atoms with E-state index in [0.717, 1.165) is 29.9 Å². The predicted octanol–water partition coefficient (Wildman–Crippen LogP) is 2.98. The first-order valence-corrected chi connectivity index (χ1v) is 8.78. The fourth-order valence-electron chi connectivity index (χ4n) is 3.33. The van der Waals surface area contributed by atoms with Crippen molar-refractivity contribution < 1.29 is 9.90 Å². The lowest BCUT2D eigenvalue weighted by Gasteiger charge is -2.29. The van der Waals surface area contributed by atoms with Gasteiger partial charge in [0.1, 0.15) is 0 Å². The van der Waals surface area contributed by atoms with Crippen LogP contribution in [-0.2, 0) is 10.8 Å². The summed E-state index contributed by atoms with van der Waals surface area (Å²) in [5, 5.41) is 9.56. The van der Waals surface area contributed by atoms with Crippen molar-refractivity contribution in [2.24, 2.45) is 0 Å². The van der Waals surface area contributed by atoms with Crippen molar-refractivity contribution in [2.45, 2.75) is 78.2 Å². The van der Waals surface area contributed by atoms with E-state index in [1.54, 1.807) is 4.90 Å². The molecule has 24 heavy (non-hydrogen) atoms. The Balaban J connectivity index is 2.59. The van der Waals surface area contributed by atoms with Crippen LogP contribution in [0.5, 0.6) is 0 Å². The number of rotatable bonds is 2.